The van der Waals surface area contributed by atoms with E-state index in [0.29, 0.717) is 31.4 Å². The van der Waals surface area contributed by atoms with Crippen LogP contribution in [0, 0.1) is 12.8 Å². The van der Waals surface area contributed by atoms with Crippen LogP contribution in [0.3, 0.4) is 0 Å². The second kappa shape index (κ2) is 11.0. The topological polar surface area (TPSA) is 58.6 Å². The second-order valence-electron chi connectivity index (χ2n) is 8.86. The van der Waals surface area contributed by atoms with E-state index in [9.17, 15) is 9.59 Å². The minimum atomic E-state index is -0.0730. The van der Waals surface area contributed by atoms with Gasteiger partial charge in [-0.3, -0.25) is 9.59 Å². The summed E-state index contributed by atoms with van der Waals surface area (Å²) in [6.45, 7) is 3.66. The molecule has 1 saturated carbocycles. The molecule has 2 amide bonds. The largest absolute Gasteiger partial charge is 0.383 e. The molecule has 2 aromatic carbocycles. The quantitative estimate of drug-likeness (QED) is 0.487. The van der Waals surface area contributed by atoms with Crippen LogP contribution in [0.15, 0.2) is 59.5 Å². The predicted octanol–water partition coefficient (Wildman–Crippen LogP) is 4.41. The second-order valence-corrected chi connectivity index (χ2v) is 10.1. The van der Waals surface area contributed by atoms with E-state index in [0.717, 1.165) is 28.9 Å². The molecule has 6 heteroatoms. The number of hydrogen-bond acceptors (Lipinski definition) is 4. The van der Waals surface area contributed by atoms with Crippen molar-refractivity contribution in [2.45, 2.75) is 44.0 Å². The van der Waals surface area contributed by atoms with Crippen molar-refractivity contribution in [3.8, 4) is 0 Å². The Balaban J connectivity index is 1.58. The SMILES string of the molecule is COCCNC(=O)C1CCC2S/C(=C/c3ccccc3)C(=O)N(Cc3cccc(C)c3)C2C1. The van der Waals surface area contributed by atoms with Gasteiger partial charge in [-0.15, -0.1) is 11.8 Å². The highest BCUT2D eigenvalue weighted by Crippen LogP contribution is 2.44. The number of amides is 2. The van der Waals surface area contributed by atoms with Crippen molar-refractivity contribution in [3.63, 3.8) is 0 Å². The van der Waals surface area contributed by atoms with Gasteiger partial charge in [0.1, 0.15) is 0 Å². The minimum absolute atomic E-state index is 0.0443. The lowest BCUT2D eigenvalue weighted by Gasteiger charge is -2.46. The Bertz CT molecular complexity index is 1010. The van der Waals surface area contributed by atoms with Gasteiger partial charge in [0.05, 0.1) is 11.5 Å². The lowest BCUT2D eigenvalue weighted by molar-refractivity contribution is -0.133. The van der Waals surface area contributed by atoms with Gasteiger partial charge < -0.3 is 15.0 Å². The molecule has 1 heterocycles. The number of carbonyl (C=O) groups excluding carboxylic acids is 2. The minimum Gasteiger partial charge on any atom is -0.383 e. The molecule has 0 spiro atoms. The number of benzene rings is 2. The highest BCUT2D eigenvalue weighted by Gasteiger charge is 2.44. The molecule has 1 aliphatic carbocycles. The number of methoxy groups -OCH3 is 1. The fourth-order valence-electron chi connectivity index (χ4n) is 4.74. The zero-order chi connectivity index (χ0) is 23.2. The van der Waals surface area contributed by atoms with Gasteiger partial charge in [-0.05, 0) is 43.4 Å². The Morgan fingerprint density at radius 3 is 2.76 bits per heavy atom. The van der Waals surface area contributed by atoms with Crippen LogP contribution in [-0.2, 0) is 20.9 Å². The molecule has 2 fully saturated rings. The highest BCUT2D eigenvalue weighted by atomic mass is 32.2. The monoisotopic (exact) mass is 464 g/mol. The molecule has 4 rings (SSSR count). The Hall–Kier alpha value is -2.57. The first-order valence-corrected chi connectivity index (χ1v) is 12.5. The number of nitrogens with one attached hydrogen (secondary N) is 1. The maximum Gasteiger partial charge on any atom is 0.260 e. The first-order chi connectivity index (χ1) is 16.0. The molecule has 2 aliphatic rings. The molecule has 1 N–H and O–H groups in total. The lowest BCUT2D eigenvalue weighted by atomic mass is 9.83. The molecule has 1 aliphatic heterocycles. The number of nitrogens with zero attached hydrogens (tertiary/aromatic N) is 1. The third-order valence-electron chi connectivity index (χ3n) is 6.41. The summed E-state index contributed by atoms with van der Waals surface area (Å²) in [4.78, 5) is 29.2. The smallest absolute Gasteiger partial charge is 0.260 e. The van der Waals surface area contributed by atoms with Gasteiger partial charge in [0.25, 0.3) is 5.91 Å². The number of hydrogen-bond donors (Lipinski definition) is 1. The van der Waals surface area contributed by atoms with Gasteiger partial charge in [0.2, 0.25) is 5.91 Å². The Kier molecular flexibility index (Phi) is 7.89. The number of ether oxygens (including phenoxy) is 1. The number of aryl methyl sites for hydroxylation is 1. The van der Waals surface area contributed by atoms with Crippen molar-refractivity contribution in [2.24, 2.45) is 5.92 Å². The van der Waals surface area contributed by atoms with E-state index in [2.05, 4.69) is 30.4 Å². The Labute approximate surface area is 200 Å². The maximum absolute atomic E-state index is 13.7. The molecule has 3 unspecified atom stereocenters. The average Bonchev–Trinajstić information content (AvgIpc) is 2.82. The number of rotatable bonds is 7. The van der Waals surface area contributed by atoms with E-state index >= 15 is 0 Å². The molecule has 2 aromatic rings. The summed E-state index contributed by atoms with van der Waals surface area (Å²) in [6, 6.07) is 18.4. The molecule has 33 heavy (non-hydrogen) atoms. The number of fused-ring (bicyclic) bond motifs is 1. The van der Waals surface area contributed by atoms with E-state index in [1.54, 1.807) is 18.9 Å². The average molecular weight is 465 g/mol. The van der Waals surface area contributed by atoms with Crippen LogP contribution < -0.4 is 5.32 Å². The summed E-state index contributed by atoms with van der Waals surface area (Å²) < 4.78 is 5.06. The van der Waals surface area contributed by atoms with Crippen molar-refractivity contribution >= 4 is 29.7 Å². The summed E-state index contributed by atoms with van der Waals surface area (Å²) in [5.41, 5.74) is 3.34. The van der Waals surface area contributed by atoms with Crippen molar-refractivity contribution in [1.29, 1.82) is 0 Å². The highest BCUT2D eigenvalue weighted by molar-refractivity contribution is 8.04. The maximum atomic E-state index is 13.7. The van der Waals surface area contributed by atoms with Gasteiger partial charge in [0, 0.05) is 37.4 Å². The van der Waals surface area contributed by atoms with Gasteiger partial charge in [-0.2, -0.15) is 0 Å². The molecule has 0 bridgehead atoms. The molecular weight excluding hydrogens is 432 g/mol. The number of thioether (sulfide) groups is 1. The summed E-state index contributed by atoms with van der Waals surface area (Å²) in [6.07, 6.45) is 4.47. The Morgan fingerprint density at radius 1 is 1.18 bits per heavy atom. The standard InChI is InChI=1S/C27H32N2O3S/c1-19-7-6-10-21(15-19)18-29-23-17-22(26(30)28-13-14-32-2)11-12-24(23)33-25(27(29)31)16-20-8-4-3-5-9-20/h3-10,15-16,22-24H,11-14,17-18H2,1-2H3,(H,28,30)/b25-16+. The number of carbonyl (C=O) groups is 2. The summed E-state index contributed by atoms with van der Waals surface area (Å²) in [5, 5.41) is 3.28. The van der Waals surface area contributed by atoms with E-state index < -0.39 is 0 Å². The molecule has 0 aromatic heterocycles. The summed E-state index contributed by atoms with van der Waals surface area (Å²) >= 11 is 1.69. The van der Waals surface area contributed by atoms with Gasteiger partial charge in [-0.1, -0.05) is 60.2 Å². The van der Waals surface area contributed by atoms with Gasteiger partial charge in [-0.25, -0.2) is 0 Å². The summed E-state index contributed by atoms with van der Waals surface area (Å²) in [5.74, 6) is 0.0623. The van der Waals surface area contributed by atoms with Crippen LogP contribution in [0.4, 0.5) is 0 Å². The van der Waals surface area contributed by atoms with Crippen molar-refractivity contribution in [2.75, 3.05) is 20.3 Å². The normalized spacial score (nSPS) is 23.9. The lowest BCUT2D eigenvalue weighted by Crippen LogP contribution is -2.53. The molecule has 5 nitrogen and oxygen atoms in total. The van der Waals surface area contributed by atoms with E-state index in [-0.39, 0.29) is 23.8 Å². The van der Waals surface area contributed by atoms with E-state index in [1.165, 1.54) is 5.56 Å². The first kappa shape index (κ1) is 23.6. The zero-order valence-corrected chi connectivity index (χ0v) is 20.1. The third kappa shape index (κ3) is 5.87. The zero-order valence-electron chi connectivity index (χ0n) is 19.3. The van der Waals surface area contributed by atoms with Crippen molar-refractivity contribution in [3.05, 3.63) is 76.2 Å². The van der Waals surface area contributed by atoms with Crippen LogP contribution in [0.1, 0.15) is 36.0 Å². The van der Waals surface area contributed by atoms with Crippen molar-refractivity contribution < 1.29 is 14.3 Å². The molecule has 174 valence electrons. The predicted molar refractivity (Wildman–Crippen MR) is 134 cm³/mol. The first-order valence-electron chi connectivity index (χ1n) is 11.6. The Morgan fingerprint density at radius 2 is 2.00 bits per heavy atom. The molecule has 0 radical (unpaired) electrons. The van der Waals surface area contributed by atoms with E-state index in [4.69, 9.17) is 4.74 Å². The van der Waals surface area contributed by atoms with Crippen LogP contribution in [-0.4, -0.2) is 48.3 Å². The van der Waals surface area contributed by atoms with Crippen molar-refractivity contribution in [1.82, 2.24) is 10.2 Å². The molecule has 3 atom stereocenters. The summed E-state index contributed by atoms with van der Waals surface area (Å²) in [7, 11) is 1.63. The fraction of sp³-hybridized carbons (Fsp3) is 0.407. The third-order valence-corrected chi connectivity index (χ3v) is 7.81. The van der Waals surface area contributed by atoms with Crippen LogP contribution in [0.25, 0.3) is 6.08 Å². The van der Waals surface area contributed by atoms with Crippen LogP contribution in [0.5, 0.6) is 0 Å². The van der Waals surface area contributed by atoms with E-state index in [1.807, 2.05) is 47.4 Å². The van der Waals surface area contributed by atoms with Crippen LogP contribution in [0.2, 0.25) is 0 Å². The molecular formula is C27H32N2O3S. The van der Waals surface area contributed by atoms with Gasteiger partial charge in [0.15, 0.2) is 0 Å². The van der Waals surface area contributed by atoms with Crippen LogP contribution >= 0.6 is 11.8 Å². The van der Waals surface area contributed by atoms with Gasteiger partial charge >= 0.3 is 0 Å². The molecule has 1 saturated heterocycles. The fourth-order valence-corrected chi connectivity index (χ4v) is 6.16.